The molecule has 1 atom stereocenters. The molecule has 2 amide bonds. The first-order valence-corrected chi connectivity index (χ1v) is 9.24. The first kappa shape index (κ1) is 21.1. The number of nitrogens with one attached hydrogen (secondary N) is 2. The molecule has 0 aliphatic carbocycles. The standard InChI is InChI=1S/C20H22Cl2N2O3/c1-12(2)18(24-19(25)15-6-4-5-7-17(15)27-3)20(26)23-11-13-8-9-14(21)10-16(13)22/h4-10,12,18H,11H2,1-3H3,(H,23,26)(H,24,25)/t18-/m0/s1. The fourth-order valence-electron chi connectivity index (χ4n) is 2.54. The van der Waals surface area contributed by atoms with Gasteiger partial charge in [-0.25, -0.2) is 0 Å². The van der Waals surface area contributed by atoms with Crippen LogP contribution in [0.1, 0.15) is 29.8 Å². The molecule has 2 aromatic carbocycles. The second kappa shape index (κ2) is 9.62. The molecule has 144 valence electrons. The Morgan fingerprint density at radius 3 is 2.44 bits per heavy atom. The van der Waals surface area contributed by atoms with E-state index in [9.17, 15) is 9.59 Å². The average Bonchev–Trinajstić information content (AvgIpc) is 2.64. The fourth-order valence-corrected chi connectivity index (χ4v) is 3.02. The predicted molar refractivity (Wildman–Crippen MR) is 107 cm³/mol. The van der Waals surface area contributed by atoms with E-state index in [2.05, 4.69) is 10.6 Å². The second-order valence-electron chi connectivity index (χ2n) is 6.35. The number of hydrogen-bond donors (Lipinski definition) is 2. The van der Waals surface area contributed by atoms with Gasteiger partial charge in [-0.2, -0.15) is 0 Å². The maximum atomic E-state index is 12.6. The van der Waals surface area contributed by atoms with Crippen molar-refractivity contribution in [3.05, 3.63) is 63.6 Å². The number of para-hydroxylation sites is 1. The van der Waals surface area contributed by atoms with Crippen molar-refractivity contribution in [2.45, 2.75) is 26.4 Å². The number of halogens is 2. The van der Waals surface area contributed by atoms with Crippen LogP contribution in [-0.2, 0) is 11.3 Å². The van der Waals surface area contributed by atoms with Crippen LogP contribution in [0.4, 0.5) is 0 Å². The van der Waals surface area contributed by atoms with E-state index >= 15 is 0 Å². The normalized spacial score (nSPS) is 11.8. The summed E-state index contributed by atoms with van der Waals surface area (Å²) in [6.45, 7) is 3.96. The van der Waals surface area contributed by atoms with Crippen molar-refractivity contribution in [2.75, 3.05) is 7.11 Å². The Kier molecular flexibility index (Phi) is 7.51. The van der Waals surface area contributed by atoms with E-state index in [1.807, 2.05) is 13.8 Å². The average molecular weight is 409 g/mol. The van der Waals surface area contributed by atoms with Gasteiger partial charge in [-0.3, -0.25) is 9.59 Å². The molecular formula is C20H22Cl2N2O3. The molecule has 0 spiro atoms. The summed E-state index contributed by atoms with van der Waals surface area (Å²) in [5.41, 5.74) is 1.12. The fraction of sp³-hybridized carbons (Fsp3) is 0.300. The Morgan fingerprint density at radius 1 is 1.11 bits per heavy atom. The first-order chi connectivity index (χ1) is 12.8. The lowest BCUT2D eigenvalue weighted by atomic mass is 10.0. The molecule has 0 aliphatic heterocycles. The Balaban J connectivity index is 2.07. The third-order valence-electron chi connectivity index (χ3n) is 4.06. The lowest BCUT2D eigenvalue weighted by Crippen LogP contribution is -2.49. The van der Waals surface area contributed by atoms with Crippen LogP contribution >= 0.6 is 23.2 Å². The molecule has 0 fully saturated rings. The van der Waals surface area contributed by atoms with Crippen LogP contribution < -0.4 is 15.4 Å². The summed E-state index contributed by atoms with van der Waals surface area (Å²) in [5.74, 6) is -0.319. The van der Waals surface area contributed by atoms with Crippen LogP contribution in [-0.4, -0.2) is 25.0 Å². The lowest BCUT2D eigenvalue weighted by molar-refractivity contribution is -0.124. The van der Waals surface area contributed by atoms with Crippen molar-refractivity contribution in [3.63, 3.8) is 0 Å². The summed E-state index contributed by atoms with van der Waals surface area (Å²) in [5, 5.41) is 6.60. The van der Waals surface area contributed by atoms with Crippen LogP contribution in [0.15, 0.2) is 42.5 Å². The lowest BCUT2D eigenvalue weighted by Gasteiger charge is -2.22. The zero-order valence-electron chi connectivity index (χ0n) is 15.4. The molecule has 0 saturated heterocycles. The van der Waals surface area contributed by atoms with E-state index < -0.39 is 6.04 Å². The molecule has 5 nitrogen and oxygen atoms in total. The van der Waals surface area contributed by atoms with Gasteiger partial charge in [-0.05, 0) is 35.7 Å². The summed E-state index contributed by atoms with van der Waals surface area (Å²) in [6, 6.07) is 11.2. The van der Waals surface area contributed by atoms with Crippen LogP contribution in [0.25, 0.3) is 0 Å². The summed E-state index contributed by atoms with van der Waals surface area (Å²) in [4.78, 5) is 25.2. The molecule has 2 N–H and O–H groups in total. The van der Waals surface area contributed by atoms with Crippen molar-refractivity contribution < 1.29 is 14.3 Å². The van der Waals surface area contributed by atoms with Crippen molar-refractivity contribution in [2.24, 2.45) is 5.92 Å². The Bertz CT molecular complexity index is 825. The summed E-state index contributed by atoms with van der Waals surface area (Å²) < 4.78 is 5.21. The van der Waals surface area contributed by atoms with Gasteiger partial charge in [0.25, 0.3) is 5.91 Å². The molecule has 0 aromatic heterocycles. The molecule has 0 unspecified atom stereocenters. The highest BCUT2D eigenvalue weighted by molar-refractivity contribution is 6.35. The largest absolute Gasteiger partial charge is 0.496 e. The molecule has 27 heavy (non-hydrogen) atoms. The maximum Gasteiger partial charge on any atom is 0.255 e. The van der Waals surface area contributed by atoms with E-state index in [1.54, 1.807) is 42.5 Å². The molecule has 0 heterocycles. The summed E-state index contributed by atoms with van der Waals surface area (Å²) in [7, 11) is 1.49. The van der Waals surface area contributed by atoms with E-state index in [4.69, 9.17) is 27.9 Å². The van der Waals surface area contributed by atoms with E-state index in [0.29, 0.717) is 21.4 Å². The van der Waals surface area contributed by atoms with Gasteiger partial charge in [-0.15, -0.1) is 0 Å². The Labute approximate surface area is 169 Å². The van der Waals surface area contributed by atoms with Crippen molar-refractivity contribution in [3.8, 4) is 5.75 Å². The third-order valence-corrected chi connectivity index (χ3v) is 4.64. The number of hydrogen-bond acceptors (Lipinski definition) is 3. The zero-order chi connectivity index (χ0) is 20.0. The van der Waals surface area contributed by atoms with Gasteiger partial charge in [0.1, 0.15) is 11.8 Å². The van der Waals surface area contributed by atoms with Crippen molar-refractivity contribution in [1.29, 1.82) is 0 Å². The van der Waals surface area contributed by atoms with E-state index in [-0.39, 0.29) is 24.3 Å². The van der Waals surface area contributed by atoms with Crippen molar-refractivity contribution in [1.82, 2.24) is 10.6 Å². The minimum atomic E-state index is -0.700. The summed E-state index contributed by atoms with van der Waals surface area (Å²) in [6.07, 6.45) is 0. The highest BCUT2D eigenvalue weighted by atomic mass is 35.5. The first-order valence-electron chi connectivity index (χ1n) is 8.49. The van der Waals surface area contributed by atoms with Gasteiger partial charge in [0, 0.05) is 16.6 Å². The minimum absolute atomic E-state index is 0.107. The highest BCUT2D eigenvalue weighted by Gasteiger charge is 2.25. The van der Waals surface area contributed by atoms with Crippen LogP contribution in [0.3, 0.4) is 0 Å². The molecule has 2 aromatic rings. The van der Waals surface area contributed by atoms with Crippen molar-refractivity contribution >= 4 is 35.0 Å². The quantitative estimate of drug-likeness (QED) is 0.725. The van der Waals surface area contributed by atoms with Crippen LogP contribution in [0.5, 0.6) is 5.75 Å². The monoisotopic (exact) mass is 408 g/mol. The predicted octanol–water partition coefficient (Wildman–Crippen LogP) is 4.07. The molecule has 0 saturated carbocycles. The van der Waals surface area contributed by atoms with Gasteiger partial charge in [0.2, 0.25) is 5.91 Å². The van der Waals surface area contributed by atoms with E-state index in [1.165, 1.54) is 7.11 Å². The number of methoxy groups -OCH3 is 1. The molecule has 0 bridgehead atoms. The topological polar surface area (TPSA) is 67.4 Å². The molecular weight excluding hydrogens is 387 g/mol. The molecule has 2 rings (SSSR count). The van der Waals surface area contributed by atoms with Crippen LogP contribution in [0.2, 0.25) is 10.0 Å². The number of ether oxygens (including phenoxy) is 1. The molecule has 7 heteroatoms. The summed E-state index contributed by atoms with van der Waals surface area (Å²) >= 11 is 12.0. The minimum Gasteiger partial charge on any atom is -0.496 e. The van der Waals surface area contributed by atoms with E-state index in [0.717, 1.165) is 5.56 Å². The molecule has 0 aliphatic rings. The number of carbonyl (C=O) groups is 2. The van der Waals surface area contributed by atoms with Gasteiger partial charge >= 0.3 is 0 Å². The van der Waals surface area contributed by atoms with Gasteiger partial charge in [0.05, 0.1) is 12.7 Å². The highest BCUT2D eigenvalue weighted by Crippen LogP contribution is 2.21. The Hall–Kier alpha value is -2.24. The third kappa shape index (κ3) is 5.62. The maximum absolute atomic E-state index is 12.6. The number of benzene rings is 2. The van der Waals surface area contributed by atoms with Gasteiger partial charge in [-0.1, -0.05) is 55.2 Å². The molecule has 0 radical (unpaired) electrons. The second-order valence-corrected chi connectivity index (χ2v) is 7.19. The smallest absolute Gasteiger partial charge is 0.255 e. The number of amides is 2. The number of carbonyl (C=O) groups excluding carboxylic acids is 2. The van der Waals surface area contributed by atoms with Crippen LogP contribution in [0, 0.1) is 5.92 Å². The number of rotatable bonds is 7. The SMILES string of the molecule is COc1ccccc1C(=O)N[C@H](C(=O)NCc1ccc(Cl)cc1Cl)C(C)C. The van der Waals surface area contributed by atoms with Gasteiger partial charge < -0.3 is 15.4 Å². The van der Waals surface area contributed by atoms with Gasteiger partial charge in [0.15, 0.2) is 0 Å². The Morgan fingerprint density at radius 2 is 1.81 bits per heavy atom. The zero-order valence-corrected chi connectivity index (χ0v) is 16.9.